The molecule has 0 saturated carbocycles. The van der Waals surface area contributed by atoms with Gasteiger partial charge in [-0.25, -0.2) is 19.9 Å². The first-order chi connectivity index (χ1) is 11.0. The van der Waals surface area contributed by atoms with Crippen molar-refractivity contribution in [3.8, 4) is 0 Å². The molecule has 5 N–H and O–H groups in total. The summed E-state index contributed by atoms with van der Waals surface area (Å²) in [6, 6.07) is 0. The summed E-state index contributed by atoms with van der Waals surface area (Å²) in [5.74, 6) is 0. The number of hydrogen-bond acceptors (Lipinski definition) is 5. The number of hydrogen-bond donors (Lipinski definition) is 5. The molecule has 4 rings (SSSR count). The SMILES string of the molecule is [OH][GaH2].c1c[nH]cn1.c1c[nH]cn1.c1c[nH]cn1.c1c[nH]cn1. The molecule has 9 nitrogen and oxygen atoms in total. The van der Waals surface area contributed by atoms with Crippen molar-refractivity contribution in [2.24, 2.45) is 0 Å². The molecule has 0 fully saturated rings. The van der Waals surface area contributed by atoms with Crippen LogP contribution in [0, 0.1) is 0 Å². The summed E-state index contributed by atoms with van der Waals surface area (Å²) in [6.07, 6.45) is 20.3. The Hall–Kier alpha value is -2.56. The van der Waals surface area contributed by atoms with Gasteiger partial charge in [0, 0.05) is 49.6 Å². The maximum Gasteiger partial charge on any atom is 0.0919 e. The van der Waals surface area contributed by atoms with Crippen LogP contribution in [0.4, 0.5) is 0 Å². The summed E-state index contributed by atoms with van der Waals surface area (Å²) in [4.78, 5) is 25.7. The molecular formula is C12H19GaN8O. The predicted molar refractivity (Wildman–Crippen MR) is 85.1 cm³/mol. The van der Waals surface area contributed by atoms with Gasteiger partial charge in [0.25, 0.3) is 0 Å². The van der Waals surface area contributed by atoms with Gasteiger partial charge < -0.3 is 19.9 Å². The second-order valence-corrected chi connectivity index (χ2v) is 3.04. The Kier molecular flexibility index (Phi) is 16.3. The molecule has 4 aromatic heterocycles. The molecule has 0 amide bonds. The van der Waals surface area contributed by atoms with Crippen LogP contribution >= 0.6 is 0 Å². The molecule has 0 spiro atoms. The fraction of sp³-hybridized carbons (Fsp3) is 0. The summed E-state index contributed by atoms with van der Waals surface area (Å²) in [7, 11) is 0. The summed E-state index contributed by atoms with van der Waals surface area (Å²) in [6.45, 7) is 0. The second-order valence-electron chi connectivity index (χ2n) is 3.04. The number of aromatic amines is 4. The largest absolute Gasteiger partial charge is 0.351 e. The third-order valence-corrected chi connectivity index (χ3v) is 1.62. The summed E-state index contributed by atoms with van der Waals surface area (Å²) in [5, 5.41) is 0. The van der Waals surface area contributed by atoms with E-state index in [1.165, 1.54) is 0 Å². The van der Waals surface area contributed by atoms with E-state index in [0.29, 0.717) is 0 Å². The third-order valence-electron chi connectivity index (χ3n) is 1.62. The van der Waals surface area contributed by atoms with E-state index < -0.39 is 0 Å². The van der Waals surface area contributed by atoms with Gasteiger partial charge in [0.1, 0.15) is 0 Å². The summed E-state index contributed by atoms with van der Waals surface area (Å²) in [5.41, 5.74) is 0. The Morgan fingerprint density at radius 3 is 0.773 bits per heavy atom. The average Bonchev–Trinajstić information content (AvgIpc) is 3.46. The molecule has 0 unspecified atom stereocenters. The molecule has 0 bridgehead atoms. The molecule has 4 heterocycles. The van der Waals surface area contributed by atoms with Crippen LogP contribution in [0.5, 0.6) is 0 Å². The van der Waals surface area contributed by atoms with Crippen molar-refractivity contribution in [1.29, 1.82) is 0 Å². The summed E-state index contributed by atoms with van der Waals surface area (Å²) >= 11 is 0.0625. The van der Waals surface area contributed by atoms with Crippen molar-refractivity contribution in [3.63, 3.8) is 0 Å². The van der Waals surface area contributed by atoms with Gasteiger partial charge in [0.05, 0.1) is 25.3 Å². The van der Waals surface area contributed by atoms with Gasteiger partial charge in [-0.2, -0.15) is 0 Å². The van der Waals surface area contributed by atoms with E-state index in [-0.39, 0.29) is 19.0 Å². The zero-order valence-corrected chi connectivity index (χ0v) is 16.4. The predicted octanol–water partition coefficient (Wildman–Crippen LogP) is 0.166. The van der Waals surface area contributed by atoms with Crippen LogP contribution in [0.15, 0.2) is 74.9 Å². The molecule has 0 aliphatic rings. The smallest absolute Gasteiger partial charge is 0.0919 e. The van der Waals surface area contributed by atoms with Crippen molar-refractivity contribution < 1.29 is 3.90 Å². The first-order valence-corrected chi connectivity index (χ1v) is 8.03. The van der Waals surface area contributed by atoms with Gasteiger partial charge in [-0.3, -0.25) is 0 Å². The molecule has 0 aliphatic heterocycles. The van der Waals surface area contributed by atoms with E-state index in [9.17, 15) is 0 Å². The first-order valence-electron chi connectivity index (χ1n) is 6.16. The van der Waals surface area contributed by atoms with Crippen LogP contribution < -0.4 is 0 Å². The van der Waals surface area contributed by atoms with E-state index >= 15 is 0 Å². The summed E-state index contributed by atoms with van der Waals surface area (Å²) < 4.78 is 7.19. The molecule has 0 aliphatic carbocycles. The van der Waals surface area contributed by atoms with Crippen molar-refractivity contribution >= 4 is 19.0 Å². The van der Waals surface area contributed by atoms with Gasteiger partial charge in [-0.15, -0.1) is 0 Å². The fourth-order valence-electron chi connectivity index (χ4n) is 0.861. The molecule has 0 radical (unpaired) electrons. The van der Waals surface area contributed by atoms with Crippen LogP contribution in [0.2, 0.25) is 0 Å². The van der Waals surface area contributed by atoms with E-state index in [1.807, 2.05) is 0 Å². The normalized spacial score (nSPS) is 7.50. The molecule has 0 aromatic carbocycles. The number of nitrogens with one attached hydrogen (secondary N) is 4. The minimum Gasteiger partial charge on any atom is -0.351 e. The van der Waals surface area contributed by atoms with E-state index in [0.717, 1.165) is 0 Å². The molecular weight excluding hydrogens is 342 g/mol. The Bertz CT molecular complexity index is 362. The van der Waals surface area contributed by atoms with E-state index in [2.05, 4.69) is 39.9 Å². The topological polar surface area (TPSA) is 135 Å². The molecule has 0 atom stereocenters. The van der Waals surface area contributed by atoms with E-state index in [1.54, 1.807) is 74.9 Å². The number of aromatic nitrogens is 8. The molecule has 10 heteroatoms. The van der Waals surface area contributed by atoms with Crippen LogP contribution in [0.3, 0.4) is 0 Å². The maximum absolute atomic E-state index is 7.19. The van der Waals surface area contributed by atoms with Gasteiger partial charge in [0.15, 0.2) is 0 Å². The van der Waals surface area contributed by atoms with Crippen molar-refractivity contribution in [2.45, 2.75) is 0 Å². The number of rotatable bonds is 0. The Balaban J connectivity index is 0.000000258. The van der Waals surface area contributed by atoms with Gasteiger partial charge in [-0.05, 0) is 0 Å². The van der Waals surface area contributed by atoms with Crippen LogP contribution in [0.25, 0.3) is 0 Å². The van der Waals surface area contributed by atoms with Gasteiger partial charge in [-0.1, -0.05) is 0 Å². The minimum absolute atomic E-state index is 0.0625. The minimum atomic E-state index is 0.0625. The number of nitrogens with zero attached hydrogens (tertiary/aromatic N) is 4. The van der Waals surface area contributed by atoms with Crippen molar-refractivity contribution in [2.75, 3.05) is 0 Å². The molecule has 116 valence electrons. The number of imidazole rings is 4. The van der Waals surface area contributed by atoms with Crippen molar-refractivity contribution in [1.82, 2.24) is 39.9 Å². The van der Waals surface area contributed by atoms with Gasteiger partial charge >= 0.3 is 22.9 Å². The zero-order chi connectivity index (χ0) is 16.1. The second kappa shape index (κ2) is 18.4. The van der Waals surface area contributed by atoms with Crippen molar-refractivity contribution in [3.05, 3.63) is 74.9 Å². The quantitative estimate of drug-likeness (QED) is 0.285. The third kappa shape index (κ3) is 15.5. The average molecular weight is 361 g/mol. The molecule has 22 heavy (non-hydrogen) atoms. The zero-order valence-electron chi connectivity index (χ0n) is 12.2. The fourth-order valence-corrected chi connectivity index (χ4v) is 0.861. The maximum atomic E-state index is 7.19. The van der Waals surface area contributed by atoms with Crippen LogP contribution in [-0.4, -0.2) is 62.7 Å². The Morgan fingerprint density at radius 2 is 0.727 bits per heavy atom. The van der Waals surface area contributed by atoms with Crippen LogP contribution in [0.1, 0.15) is 0 Å². The molecule has 4 aromatic rings. The Labute approximate surface area is 138 Å². The first kappa shape index (κ1) is 19.4. The Morgan fingerprint density at radius 1 is 0.500 bits per heavy atom. The monoisotopic (exact) mass is 360 g/mol. The van der Waals surface area contributed by atoms with Crippen LogP contribution in [-0.2, 0) is 0 Å². The standard InChI is InChI=1S/4C3H4N2.Ga.H2O.2H/c4*1-2-5-3-4-1;;;;/h4*1-3H,(H,4,5);;1H2;;/q;;;;+1;;;/p-1. The van der Waals surface area contributed by atoms with Gasteiger partial charge in [0.2, 0.25) is 0 Å². The van der Waals surface area contributed by atoms with E-state index in [4.69, 9.17) is 3.90 Å². The molecule has 0 saturated heterocycles. The number of H-pyrrole nitrogens is 4.